The predicted octanol–water partition coefficient (Wildman–Crippen LogP) is 3.77. The fourth-order valence-corrected chi connectivity index (χ4v) is 4.29. The molecule has 148 valence electrons. The molecule has 0 aliphatic carbocycles. The lowest BCUT2D eigenvalue weighted by atomic mass is 10.1. The molecule has 2 heterocycles. The number of likely N-dealkylation sites (tertiary alicyclic amines) is 1. The Morgan fingerprint density at radius 2 is 1.76 bits per heavy atom. The summed E-state index contributed by atoms with van der Waals surface area (Å²) in [5, 5.41) is 12.3. The Morgan fingerprint density at radius 3 is 2.52 bits per heavy atom. The summed E-state index contributed by atoms with van der Waals surface area (Å²) in [6, 6.07) is 19.2. The van der Waals surface area contributed by atoms with Crippen molar-refractivity contribution >= 4 is 28.3 Å². The zero-order valence-corrected chi connectivity index (χ0v) is 16.8. The molecule has 4 rings (SSSR count). The van der Waals surface area contributed by atoms with Crippen molar-refractivity contribution < 1.29 is 9.59 Å². The highest BCUT2D eigenvalue weighted by atomic mass is 32.1. The van der Waals surface area contributed by atoms with Gasteiger partial charge >= 0.3 is 0 Å². The number of carbonyl (C=O) groups excluding carboxylic acids is 2. The zero-order valence-electron chi connectivity index (χ0n) is 16.0. The maximum absolute atomic E-state index is 12.8. The summed E-state index contributed by atoms with van der Waals surface area (Å²) in [6.07, 6.45) is 2.60. The Hall–Kier alpha value is -3.06. The van der Waals surface area contributed by atoms with E-state index in [9.17, 15) is 9.59 Å². The van der Waals surface area contributed by atoms with Crippen molar-refractivity contribution in [2.75, 3.05) is 11.9 Å². The van der Waals surface area contributed by atoms with Gasteiger partial charge in [0.1, 0.15) is 11.0 Å². The van der Waals surface area contributed by atoms with E-state index in [1.54, 1.807) is 4.90 Å². The van der Waals surface area contributed by atoms with Crippen LogP contribution in [0.15, 0.2) is 60.7 Å². The van der Waals surface area contributed by atoms with Crippen LogP contribution in [0.25, 0.3) is 10.6 Å². The van der Waals surface area contributed by atoms with E-state index in [0.717, 1.165) is 22.6 Å². The predicted molar refractivity (Wildman–Crippen MR) is 113 cm³/mol. The monoisotopic (exact) mass is 406 g/mol. The van der Waals surface area contributed by atoms with Gasteiger partial charge in [-0.3, -0.25) is 14.9 Å². The van der Waals surface area contributed by atoms with Crippen molar-refractivity contribution in [2.45, 2.75) is 31.7 Å². The Morgan fingerprint density at radius 1 is 1.03 bits per heavy atom. The minimum atomic E-state index is -0.442. The second kappa shape index (κ2) is 8.96. The SMILES string of the molecule is O=C(Nc1nnc(-c2ccccc2)s1)C1CCCN1C(=O)CCc1ccccc1. The van der Waals surface area contributed by atoms with Gasteiger partial charge in [0.05, 0.1) is 0 Å². The van der Waals surface area contributed by atoms with Crippen LogP contribution < -0.4 is 5.32 Å². The zero-order chi connectivity index (χ0) is 20.1. The molecule has 2 aromatic carbocycles. The smallest absolute Gasteiger partial charge is 0.249 e. The van der Waals surface area contributed by atoms with Crippen molar-refractivity contribution in [2.24, 2.45) is 0 Å². The molecule has 0 spiro atoms. The second-order valence-corrected chi connectivity index (χ2v) is 7.98. The van der Waals surface area contributed by atoms with E-state index in [1.807, 2.05) is 60.7 Å². The molecule has 1 aromatic heterocycles. The lowest BCUT2D eigenvalue weighted by Crippen LogP contribution is -2.43. The number of aryl methyl sites for hydroxylation is 1. The summed E-state index contributed by atoms with van der Waals surface area (Å²) >= 11 is 1.33. The Bertz CT molecular complexity index is 975. The third kappa shape index (κ3) is 4.68. The first-order chi connectivity index (χ1) is 14.2. The van der Waals surface area contributed by atoms with Gasteiger partial charge in [-0.1, -0.05) is 72.0 Å². The summed E-state index contributed by atoms with van der Waals surface area (Å²) in [5.41, 5.74) is 2.09. The van der Waals surface area contributed by atoms with Crippen LogP contribution in [-0.2, 0) is 16.0 Å². The maximum Gasteiger partial charge on any atom is 0.249 e. The van der Waals surface area contributed by atoms with Gasteiger partial charge in [0.2, 0.25) is 16.9 Å². The van der Waals surface area contributed by atoms with Crippen LogP contribution in [0.5, 0.6) is 0 Å². The highest BCUT2D eigenvalue weighted by Gasteiger charge is 2.34. The standard InChI is InChI=1S/C22H22N4O2S/c27-19(14-13-16-8-3-1-4-9-16)26-15-7-12-18(26)20(28)23-22-25-24-21(29-22)17-10-5-2-6-11-17/h1-6,8-11,18H,7,12-15H2,(H,23,25,28). The Balaban J connectivity index is 1.36. The third-order valence-electron chi connectivity index (χ3n) is 5.02. The van der Waals surface area contributed by atoms with Crippen molar-refractivity contribution in [3.63, 3.8) is 0 Å². The van der Waals surface area contributed by atoms with Crippen LogP contribution in [-0.4, -0.2) is 39.5 Å². The van der Waals surface area contributed by atoms with Gasteiger partial charge < -0.3 is 4.90 Å². The fourth-order valence-electron chi connectivity index (χ4n) is 3.54. The van der Waals surface area contributed by atoms with Gasteiger partial charge in [0, 0.05) is 18.5 Å². The number of aromatic nitrogens is 2. The molecule has 3 aromatic rings. The van der Waals surface area contributed by atoms with Gasteiger partial charge in [-0.05, 0) is 24.8 Å². The van der Waals surface area contributed by atoms with E-state index >= 15 is 0 Å². The molecule has 1 saturated heterocycles. The van der Waals surface area contributed by atoms with Gasteiger partial charge in [-0.25, -0.2) is 0 Å². The highest BCUT2D eigenvalue weighted by Crippen LogP contribution is 2.27. The van der Waals surface area contributed by atoms with Gasteiger partial charge in [-0.2, -0.15) is 0 Å². The molecule has 1 N–H and O–H groups in total. The van der Waals surface area contributed by atoms with Crippen molar-refractivity contribution in [3.8, 4) is 10.6 Å². The van der Waals surface area contributed by atoms with Gasteiger partial charge in [0.15, 0.2) is 0 Å². The van der Waals surface area contributed by atoms with Crippen LogP contribution in [0.2, 0.25) is 0 Å². The van der Waals surface area contributed by atoms with Crippen LogP contribution in [0.1, 0.15) is 24.8 Å². The van der Waals surface area contributed by atoms with E-state index in [0.29, 0.717) is 30.9 Å². The number of nitrogens with one attached hydrogen (secondary N) is 1. The van der Waals surface area contributed by atoms with Crippen molar-refractivity contribution in [3.05, 3.63) is 66.2 Å². The first-order valence-electron chi connectivity index (χ1n) is 9.74. The molecular weight excluding hydrogens is 384 g/mol. The molecule has 1 unspecified atom stereocenters. The average molecular weight is 407 g/mol. The molecule has 1 aliphatic heterocycles. The van der Waals surface area contributed by atoms with Crippen LogP contribution >= 0.6 is 11.3 Å². The van der Waals surface area contributed by atoms with Gasteiger partial charge in [-0.15, -0.1) is 10.2 Å². The first kappa shape index (κ1) is 19.3. The number of hydrogen-bond acceptors (Lipinski definition) is 5. The molecule has 7 heteroatoms. The molecule has 1 aliphatic rings. The minimum absolute atomic E-state index is 0.0220. The van der Waals surface area contributed by atoms with E-state index in [1.165, 1.54) is 11.3 Å². The third-order valence-corrected chi connectivity index (χ3v) is 5.91. The highest BCUT2D eigenvalue weighted by molar-refractivity contribution is 7.18. The van der Waals surface area contributed by atoms with E-state index in [-0.39, 0.29) is 11.8 Å². The van der Waals surface area contributed by atoms with E-state index < -0.39 is 6.04 Å². The molecule has 0 bridgehead atoms. The molecule has 2 amide bonds. The topological polar surface area (TPSA) is 75.2 Å². The summed E-state index contributed by atoms with van der Waals surface area (Å²) in [6.45, 7) is 0.622. The van der Waals surface area contributed by atoms with Crippen LogP contribution in [0.4, 0.5) is 5.13 Å². The lowest BCUT2D eigenvalue weighted by Gasteiger charge is -2.23. The normalized spacial score (nSPS) is 16.0. The number of carbonyl (C=O) groups is 2. The Labute approximate surface area is 173 Å². The molecular formula is C22H22N4O2S. The first-order valence-corrected chi connectivity index (χ1v) is 10.6. The lowest BCUT2D eigenvalue weighted by molar-refractivity contribution is -0.136. The number of benzene rings is 2. The number of nitrogens with zero attached hydrogens (tertiary/aromatic N) is 3. The molecule has 29 heavy (non-hydrogen) atoms. The van der Waals surface area contributed by atoms with Crippen LogP contribution in [0, 0.1) is 0 Å². The van der Waals surface area contributed by atoms with E-state index in [2.05, 4.69) is 15.5 Å². The Kier molecular flexibility index (Phi) is 5.95. The van der Waals surface area contributed by atoms with Gasteiger partial charge in [0.25, 0.3) is 0 Å². The van der Waals surface area contributed by atoms with Crippen LogP contribution in [0.3, 0.4) is 0 Å². The summed E-state index contributed by atoms with van der Waals surface area (Å²) in [7, 11) is 0. The molecule has 6 nitrogen and oxygen atoms in total. The minimum Gasteiger partial charge on any atom is -0.331 e. The second-order valence-electron chi connectivity index (χ2n) is 7.00. The molecule has 1 fully saturated rings. The number of anilines is 1. The fraction of sp³-hybridized carbons (Fsp3) is 0.273. The van der Waals surface area contributed by atoms with E-state index in [4.69, 9.17) is 0 Å². The largest absolute Gasteiger partial charge is 0.331 e. The van der Waals surface area contributed by atoms with Crippen molar-refractivity contribution in [1.29, 1.82) is 0 Å². The molecule has 1 atom stereocenters. The summed E-state index contributed by atoms with van der Waals surface area (Å²) < 4.78 is 0. The summed E-state index contributed by atoms with van der Waals surface area (Å²) in [5.74, 6) is -0.167. The average Bonchev–Trinajstić information content (AvgIpc) is 3.43. The quantitative estimate of drug-likeness (QED) is 0.676. The molecule has 0 saturated carbocycles. The number of hydrogen-bond donors (Lipinski definition) is 1. The summed E-state index contributed by atoms with van der Waals surface area (Å²) in [4.78, 5) is 27.2. The van der Waals surface area contributed by atoms with Crippen molar-refractivity contribution in [1.82, 2.24) is 15.1 Å². The number of rotatable bonds is 6. The number of amides is 2. The molecule has 0 radical (unpaired) electrons. The maximum atomic E-state index is 12.8.